The number of rotatable bonds is 3. The minimum atomic E-state index is -4.73. The molecule has 0 bridgehead atoms. The van der Waals surface area contributed by atoms with Crippen molar-refractivity contribution < 1.29 is 17.9 Å². The van der Waals surface area contributed by atoms with E-state index in [4.69, 9.17) is 0 Å². The van der Waals surface area contributed by atoms with Crippen LogP contribution in [-0.4, -0.2) is 30.5 Å². The van der Waals surface area contributed by atoms with E-state index in [0.717, 1.165) is 31.6 Å². The van der Waals surface area contributed by atoms with E-state index in [1.807, 2.05) is 0 Å². The molecule has 0 radical (unpaired) electrons. The van der Waals surface area contributed by atoms with Gasteiger partial charge in [-0.15, -0.1) is 13.2 Å². The van der Waals surface area contributed by atoms with Gasteiger partial charge < -0.3 is 15.4 Å². The van der Waals surface area contributed by atoms with Gasteiger partial charge in [0.1, 0.15) is 5.52 Å². The van der Waals surface area contributed by atoms with Gasteiger partial charge in [0.05, 0.1) is 0 Å². The molecule has 2 heterocycles. The average Bonchev–Trinajstić information content (AvgIpc) is 2.50. The lowest BCUT2D eigenvalue weighted by molar-refractivity contribution is -0.274. The first-order chi connectivity index (χ1) is 10.5. The maximum Gasteiger partial charge on any atom is 0.573 e. The lowest BCUT2D eigenvalue weighted by Crippen LogP contribution is -2.35. The summed E-state index contributed by atoms with van der Waals surface area (Å²) in [6.07, 6.45) is -1.32. The first-order valence-corrected chi connectivity index (χ1v) is 7.14. The summed E-state index contributed by atoms with van der Waals surface area (Å²) >= 11 is 0. The summed E-state index contributed by atoms with van der Waals surface area (Å²) in [6.45, 7) is 1.87. The molecule has 2 N–H and O–H groups in total. The molecule has 7 heteroatoms. The van der Waals surface area contributed by atoms with Crippen molar-refractivity contribution in [1.29, 1.82) is 0 Å². The van der Waals surface area contributed by atoms with Crippen LogP contribution in [0.15, 0.2) is 30.5 Å². The van der Waals surface area contributed by atoms with Gasteiger partial charge in [-0.25, -0.2) is 0 Å². The molecule has 0 aliphatic carbocycles. The Bertz CT molecular complexity index is 654. The SMILES string of the molecule is FC(F)(F)Oc1ccc(NC2CCNCC2)c2cccnc12. The minimum absolute atomic E-state index is 0.207. The monoisotopic (exact) mass is 311 g/mol. The van der Waals surface area contributed by atoms with Gasteiger partial charge in [0, 0.05) is 23.3 Å². The summed E-state index contributed by atoms with van der Waals surface area (Å²) in [6, 6.07) is 6.68. The molecule has 1 aliphatic heterocycles. The van der Waals surface area contributed by atoms with Gasteiger partial charge in [-0.05, 0) is 50.2 Å². The lowest BCUT2D eigenvalue weighted by atomic mass is 10.1. The summed E-state index contributed by atoms with van der Waals surface area (Å²) in [5.41, 5.74) is 0.989. The Labute approximate surface area is 125 Å². The van der Waals surface area contributed by atoms with Crippen LogP contribution in [0.3, 0.4) is 0 Å². The third-order valence-corrected chi connectivity index (χ3v) is 3.66. The van der Waals surface area contributed by atoms with Crippen LogP contribution in [0.4, 0.5) is 18.9 Å². The van der Waals surface area contributed by atoms with Crippen molar-refractivity contribution in [2.24, 2.45) is 0 Å². The molecule has 1 aliphatic rings. The maximum absolute atomic E-state index is 12.5. The van der Waals surface area contributed by atoms with Crippen LogP contribution in [0.2, 0.25) is 0 Å². The van der Waals surface area contributed by atoms with Crippen molar-refractivity contribution >= 4 is 16.6 Å². The number of pyridine rings is 1. The van der Waals surface area contributed by atoms with Crippen molar-refractivity contribution in [3.8, 4) is 5.75 Å². The maximum atomic E-state index is 12.5. The number of benzene rings is 1. The zero-order valence-electron chi connectivity index (χ0n) is 11.8. The van der Waals surface area contributed by atoms with Gasteiger partial charge in [0.15, 0.2) is 5.75 Å². The molecule has 1 aromatic heterocycles. The van der Waals surface area contributed by atoms with Crippen molar-refractivity contribution in [3.05, 3.63) is 30.5 Å². The smallest absolute Gasteiger partial charge is 0.403 e. The second-order valence-electron chi connectivity index (χ2n) is 5.23. The van der Waals surface area contributed by atoms with E-state index in [-0.39, 0.29) is 11.3 Å². The molecule has 0 amide bonds. The van der Waals surface area contributed by atoms with Crippen molar-refractivity contribution in [1.82, 2.24) is 10.3 Å². The van der Waals surface area contributed by atoms with Crippen LogP contribution >= 0.6 is 0 Å². The molecule has 0 unspecified atom stereocenters. The molecule has 2 aromatic rings. The van der Waals surface area contributed by atoms with E-state index in [1.54, 1.807) is 18.2 Å². The first-order valence-electron chi connectivity index (χ1n) is 7.14. The van der Waals surface area contributed by atoms with E-state index in [9.17, 15) is 13.2 Å². The molecular formula is C15H16F3N3O. The fourth-order valence-electron chi connectivity index (χ4n) is 2.67. The fraction of sp³-hybridized carbons (Fsp3) is 0.400. The van der Waals surface area contributed by atoms with E-state index in [2.05, 4.69) is 20.4 Å². The van der Waals surface area contributed by atoms with Gasteiger partial charge in [0.2, 0.25) is 0 Å². The number of alkyl halides is 3. The third kappa shape index (κ3) is 3.41. The molecule has 22 heavy (non-hydrogen) atoms. The first kappa shape index (κ1) is 14.9. The highest BCUT2D eigenvalue weighted by atomic mass is 19.4. The van der Waals surface area contributed by atoms with Gasteiger partial charge >= 0.3 is 6.36 Å². The molecule has 1 fully saturated rings. The molecule has 0 saturated carbocycles. The molecule has 4 nitrogen and oxygen atoms in total. The van der Waals surface area contributed by atoms with E-state index >= 15 is 0 Å². The molecule has 1 aromatic carbocycles. The second kappa shape index (κ2) is 6.00. The van der Waals surface area contributed by atoms with Crippen LogP contribution in [0.5, 0.6) is 5.75 Å². The zero-order chi connectivity index (χ0) is 15.6. The average molecular weight is 311 g/mol. The highest BCUT2D eigenvalue weighted by Crippen LogP contribution is 2.33. The number of ether oxygens (including phenoxy) is 1. The van der Waals surface area contributed by atoms with Crippen molar-refractivity contribution in [2.75, 3.05) is 18.4 Å². The quantitative estimate of drug-likeness (QED) is 0.913. The Hall–Kier alpha value is -2.02. The summed E-state index contributed by atoms with van der Waals surface area (Å²) in [5.74, 6) is -0.279. The van der Waals surface area contributed by atoms with Gasteiger partial charge in [-0.1, -0.05) is 0 Å². The highest BCUT2D eigenvalue weighted by Gasteiger charge is 2.32. The predicted molar refractivity (Wildman–Crippen MR) is 77.9 cm³/mol. The largest absolute Gasteiger partial charge is 0.573 e. The Morgan fingerprint density at radius 1 is 1.18 bits per heavy atom. The molecule has 0 atom stereocenters. The summed E-state index contributed by atoms with van der Waals surface area (Å²) in [7, 11) is 0. The molecular weight excluding hydrogens is 295 g/mol. The Morgan fingerprint density at radius 3 is 2.68 bits per heavy atom. The van der Waals surface area contributed by atoms with Gasteiger partial charge in [-0.2, -0.15) is 0 Å². The zero-order valence-corrected chi connectivity index (χ0v) is 11.8. The second-order valence-corrected chi connectivity index (χ2v) is 5.23. The number of hydrogen-bond acceptors (Lipinski definition) is 4. The topological polar surface area (TPSA) is 46.2 Å². The molecule has 0 spiro atoms. The summed E-state index contributed by atoms with van der Waals surface area (Å²) < 4.78 is 41.5. The van der Waals surface area contributed by atoms with E-state index in [1.165, 1.54) is 12.3 Å². The number of piperidine rings is 1. The number of nitrogens with one attached hydrogen (secondary N) is 2. The molecule has 1 saturated heterocycles. The summed E-state index contributed by atoms with van der Waals surface area (Å²) in [5, 5.41) is 7.30. The Morgan fingerprint density at radius 2 is 1.95 bits per heavy atom. The van der Waals surface area contributed by atoms with Crippen molar-refractivity contribution in [2.45, 2.75) is 25.2 Å². The van der Waals surface area contributed by atoms with Crippen molar-refractivity contribution in [3.63, 3.8) is 0 Å². The number of hydrogen-bond donors (Lipinski definition) is 2. The Balaban J connectivity index is 1.93. The van der Waals surface area contributed by atoms with Crippen LogP contribution < -0.4 is 15.4 Å². The van der Waals surface area contributed by atoms with Gasteiger partial charge in [-0.3, -0.25) is 4.98 Å². The number of fused-ring (bicyclic) bond motifs is 1. The minimum Gasteiger partial charge on any atom is -0.403 e. The molecule has 118 valence electrons. The summed E-state index contributed by atoms with van der Waals surface area (Å²) in [4.78, 5) is 4.04. The fourth-order valence-corrected chi connectivity index (χ4v) is 2.67. The number of aromatic nitrogens is 1. The Kier molecular flexibility index (Phi) is 4.06. The number of nitrogens with zero attached hydrogens (tertiary/aromatic N) is 1. The van der Waals surface area contributed by atoms with Crippen LogP contribution in [0.1, 0.15) is 12.8 Å². The van der Waals surface area contributed by atoms with Crippen LogP contribution in [0.25, 0.3) is 10.9 Å². The third-order valence-electron chi connectivity index (χ3n) is 3.66. The highest BCUT2D eigenvalue weighted by molar-refractivity contribution is 5.95. The lowest BCUT2D eigenvalue weighted by Gasteiger charge is -2.25. The van der Waals surface area contributed by atoms with Crippen LogP contribution in [0, 0.1) is 0 Å². The number of anilines is 1. The van der Waals surface area contributed by atoms with E-state index < -0.39 is 6.36 Å². The predicted octanol–water partition coefficient (Wildman–Crippen LogP) is 3.30. The normalized spacial score (nSPS) is 16.7. The van der Waals surface area contributed by atoms with Gasteiger partial charge in [0.25, 0.3) is 0 Å². The number of halogens is 3. The van der Waals surface area contributed by atoms with E-state index in [0.29, 0.717) is 11.4 Å². The molecule has 3 rings (SSSR count). The van der Waals surface area contributed by atoms with Crippen LogP contribution in [-0.2, 0) is 0 Å². The standard InChI is InChI=1S/C15H16F3N3O/c16-15(17,18)22-13-4-3-12(11-2-1-7-20-14(11)13)21-10-5-8-19-9-6-10/h1-4,7,10,19,21H,5-6,8-9H2.